The molecule has 4 aromatic carbocycles. The quantitative estimate of drug-likeness (QED) is 0.166. The van der Waals surface area contributed by atoms with Crippen LogP contribution in [0.4, 0.5) is 4.39 Å². The Morgan fingerprint density at radius 1 is 0.897 bits per heavy atom. The lowest BCUT2D eigenvalue weighted by molar-refractivity contribution is 0.0950. The minimum atomic E-state index is -0.789. The monoisotopic (exact) mass is 523 g/mol. The summed E-state index contributed by atoms with van der Waals surface area (Å²) in [4.78, 5) is 18.0. The molecule has 0 bridgehead atoms. The lowest BCUT2D eigenvalue weighted by Crippen LogP contribution is -2.24. The Bertz CT molecular complexity index is 1530. The SMILES string of the molecule is CCON=C(N)c1ccc(CNC(=O)c2ccc3c(c2)[C@H](C)c2cc(-c4ccc(F)cc4)ccc2[C@@H]3O)cc1. The zero-order valence-corrected chi connectivity index (χ0v) is 21.8. The van der Waals surface area contributed by atoms with Crippen LogP contribution in [0.2, 0.25) is 0 Å². The molecule has 1 aliphatic carbocycles. The van der Waals surface area contributed by atoms with Gasteiger partial charge < -0.3 is 21.0 Å². The average Bonchev–Trinajstić information content (AvgIpc) is 2.97. The van der Waals surface area contributed by atoms with Crippen LogP contribution in [-0.2, 0) is 11.4 Å². The number of amidine groups is 1. The van der Waals surface area contributed by atoms with Crippen LogP contribution in [0.3, 0.4) is 0 Å². The van der Waals surface area contributed by atoms with Gasteiger partial charge in [-0.3, -0.25) is 4.79 Å². The molecule has 1 amide bonds. The van der Waals surface area contributed by atoms with E-state index in [2.05, 4.69) is 17.4 Å². The number of carbonyl (C=O) groups is 1. The zero-order valence-electron chi connectivity index (χ0n) is 21.8. The fourth-order valence-electron chi connectivity index (χ4n) is 4.96. The summed E-state index contributed by atoms with van der Waals surface area (Å²) in [5, 5.41) is 17.9. The third kappa shape index (κ3) is 5.40. The fourth-order valence-corrected chi connectivity index (χ4v) is 4.96. The van der Waals surface area contributed by atoms with Gasteiger partial charge in [0.2, 0.25) is 0 Å². The number of hydrogen-bond donors (Lipinski definition) is 3. The van der Waals surface area contributed by atoms with Crippen molar-refractivity contribution in [2.24, 2.45) is 10.9 Å². The maximum atomic E-state index is 13.4. The summed E-state index contributed by atoms with van der Waals surface area (Å²) in [6.45, 7) is 4.69. The van der Waals surface area contributed by atoms with Crippen LogP contribution in [0.1, 0.15) is 69.6 Å². The second-order valence-electron chi connectivity index (χ2n) is 9.59. The van der Waals surface area contributed by atoms with E-state index in [-0.39, 0.29) is 17.6 Å². The molecule has 0 spiro atoms. The van der Waals surface area contributed by atoms with E-state index < -0.39 is 6.10 Å². The first-order valence-electron chi connectivity index (χ1n) is 12.9. The minimum absolute atomic E-state index is 0.0390. The van der Waals surface area contributed by atoms with Crippen LogP contribution >= 0.6 is 0 Å². The van der Waals surface area contributed by atoms with Gasteiger partial charge in [-0.2, -0.15) is 0 Å². The molecule has 4 N–H and O–H groups in total. The van der Waals surface area contributed by atoms with E-state index in [1.807, 2.05) is 61.5 Å². The van der Waals surface area contributed by atoms with Crippen molar-refractivity contribution in [3.8, 4) is 11.1 Å². The van der Waals surface area contributed by atoms with Crippen molar-refractivity contribution in [1.82, 2.24) is 5.32 Å². The van der Waals surface area contributed by atoms with E-state index in [1.54, 1.807) is 18.2 Å². The van der Waals surface area contributed by atoms with Gasteiger partial charge >= 0.3 is 0 Å². The fraction of sp³-hybridized carbons (Fsp3) is 0.188. The molecule has 198 valence electrons. The highest BCUT2D eigenvalue weighted by Crippen LogP contribution is 2.43. The summed E-state index contributed by atoms with van der Waals surface area (Å²) in [5.41, 5.74) is 13.5. The molecule has 0 fully saturated rings. The molecule has 0 aliphatic heterocycles. The molecule has 0 radical (unpaired) electrons. The molecule has 7 heteroatoms. The van der Waals surface area contributed by atoms with Gasteiger partial charge in [0.25, 0.3) is 5.91 Å². The number of rotatable bonds is 7. The van der Waals surface area contributed by atoms with E-state index in [1.165, 1.54) is 12.1 Å². The first kappa shape index (κ1) is 26.1. The van der Waals surface area contributed by atoms with Crippen LogP contribution in [-0.4, -0.2) is 23.5 Å². The molecular formula is C32H30FN3O3. The number of halogens is 1. The third-order valence-electron chi connectivity index (χ3n) is 7.13. The van der Waals surface area contributed by atoms with Crippen LogP contribution in [0, 0.1) is 5.82 Å². The van der Waals surface area contributed by atoms with Crippen molar-refractivity contribution >= 4 is 11.7 Å². The van der Waals surface area contributed by atoms with Gasteiger partial charge in [-0.25, -0.2) is 4.39 Å². The highest BCUT2D eigenvalue weighted by atomic mass is 19.1. The summed E-state index contributed by atoms with van der Waals surface area (Å²) in [7, 11) is 0. The minimum Gasteiger partial charge on any atom is -0.394 e. The lowest BCUT2D eigenvalue weighted by atomic mass is 9.76. The molecular weight excluding hydrogens is 493 g/mol. The first-order chi connectivity index (χ1) is 18.9. The van der Waals surface area contributed by atoms with Gasteiger partial charge in [-0.15, -0.1) is 0 Å². The van der Waals surface area contributed by atoms with E-state index in [0.29, 0.717) is 24.6 Å². The predicted molar refractivity (Wildman–Crippen MR) is 150 cm³/mol. The Kier molecular flexibility index (Phi) is 7.43. The number of fused-ring (bicyclic) bond motifs is 2. The van der Waals surface area contributed by atoms with Crippen molar-refractivity contribution in [2.75, 3.05) is 6.61 Å². The predicted octanol–water partition coefficient (Wildman–Crippen LogP) is 5.63. The number of hydrogen-bond acceptors (Lipinski definition) is 4. The van der Waals surface area contributed by atoms with Gasteiger partial charge in [0, 0.05) is 23.6 Å². The molecule has 0 heterocycles. The Morgan fingerprint density at radius 3 is 2.21 bits per heavy atom. The van der Waals surface area contributed by atoms with Gasteiger partial charge in [0.05, 0.1) is 0 Å². The number of benzene rings is 4. The molecule has 6 nitrogen and oxygen atoms in total. The average molecular weight is 524 g/mol. The van der Waals surface area contributed by atoms with Gasteiger partial charge in [-0.05, 0) is 70.1 Å². The highest BCUT2D eigenvalue weighted by Gasteiger charge is 2.29. The van der Waals surface area contributed by atoms with Crippen LogP contribution in [0.25, 0.3) is 11.1 Å². The number of nitrogens with one attached hydrogen (secondary N) is 1. The van der Waals surface area contributed by atoms with Crippen molar-refractivity contribution in [3.63, 3.8) is 0 Å². The number of nitrogens with zero attached hydrogens (tertiary/aromatic N) is 1. The third-order valence-corrected chi connectivity index (χ3v) is 7.13. The molecule has 0 unspecified atom stereocenters. The number of carbonyl (C=O) groups excluding carboxylic acids is 1. The number of oxime groups is 1. The summed E-state index contributed by atoms with van der Waals surface area (Å²) >= 11 is 0. The zero-order chi connectivity index (χ0) is 27.5. The Balaban J connectivity index is 1.33. The Morgan fingerprint density at radius 2 is 1.51 bits per heavy atom. The standard InChI is InChI=1S/C32H30FN3O3/c1-3-39-36-31(34)22-6-4-20(5-7-22)18-35-32(38)24-11-15-27-29(17-24)19(2)28-16-23(10-14-26(28)30(27)37)21-8-12-25(33)13-9-21/h4-17,19,30,37H,3,18H2,1-2H3,(H2,34,36)(H,35,38)/t19-,30+/m1/s1. The largest absolute Gasteiger partial charge is 0.394 e. The highest BCUT2D eigenvalue weighted by molar-refractivity contribution is 5.97. The van der Waals surface area contributed by atoms with Crippen molar-refractivity contribution in [3.05, 3.63) is 130 Å². The van der Waals surface area contributed by atoms with Crippen LogP contribution < -0.4 is 11.1 Å². The first-order valence-corrected chi connectivity index (χ1v) is 12.9. The maximum absolute atomic E-state index is 13.4. The molecule has 0 saturated carbocycles. The second kappa shape index (κ2) is 11.1. The van der Waals surface area contributed by atoms with E-state index >= 15 is 0 Å². The van der Waals surface area contributed by atoms with E-state index in [9.17, 15) is 14.3 Å². The Hall–Kier alpha value is -4.49. The molecule has 39 heavy (non-hydrogen) atoms. The topological polar surface area (TPSA) is 96.9 Å². The second-order valence-corrected chi connectivity index (χ2v) is 9.59. The molecule has 4 aromatic rings. The summed E-state index contributed by atoms with van der Waals surface area (Å²) in [6, 6.07) is 25.1. The van der Waals surface area contributed by atoms with Crippen molar-refractivity contribution < 1.29 is 19.1 Å². The summed E-state index contributed by atoms with van der Waals surface area (Å²) in [5.74, 6) is -0.229. The van der Waals surface area contributed by atoms with Crippen LogP contribution in [0.5, 0.6) is 0 Å². The lowest BCUT2D eigenvalue weighted by Gasteiger charge is -2.30. The van der Waals surface area contributed by atoms with E-state index in [4.69, 9.17) is 10.6 Å². The number of amides is 1. The van der Waals surface area contributed by atoms with Gasteiger partial charge in [0.1, 0.15) is 18.5 Å². The summed E-state index contributed by atoms with van der Waals surface area (Å²) in [6.07, 6.45) is -0.789. The number of nitrogens with two attached hydrogens (primary N) is 1. The molecule has 0 saturated heterocycles. The van der Waals surface area contributed by atoms with Gasteiger partial charge in [0.15, 0.2) is 5.84 Å². The van der Waals surface area contributed by atoms with Crippen molar-refractivity contribution in [2.45, 2.75) is 32.4 Å². The van der Waals surface area contributed by atoms with Gasteiger partial charge in [-0.1, -0.05) is 72.7 Å². The molecule has 0 aromatic heterocycles. The van der Waals surface area contributed by atoms with E-state index in [0.717, 1.165) is 44.5 Å². The smallest absolute Gasteiger partial charge is 0.251 e. The van der Waals surface area contributed by atoms with Crippen molar-refractivity contribution in [1.29, 1.82) is 0 Å². The molecule has 2 atom stereocenters. The normalized spacial score (nSPS) is 16.3. The molecule has 5 rings (SSSR count). The number of aliphatic hydroxyl groups excluding tert-OH is 1. The van der Waals surface area contributed by atoms with Crippen LogP contribution in [0.15, 0.2) is 90.1 Å². The number of aliphatic hydroxyl groups is 1. The summed E-state index contributed by atoms with van der Waals surface area (Å²) < 4.78 is 13.4. The molecule has 1 aliphatic rings. The maximum Gasteiger partial charge on any atom is 0.251 e. The Labute approximate surface area is 226 Å².